The van der Waals surface area contributed by atoms with Gasteiger partial charge >= 0.3 is 0 Å². The highest BCUT2D eigenvalue weighted by atomic mass is 13.6. The zero-order chi connectivity index (χ0) is 16.1. The first-order valence-electron chi connectivity index (χ1n) is 8.33. The van der Waals surface area contributed by atoms with E-state index in [0.29, 0.717) is 0 Å². The number of rotatable bonds is 1. The summed E-state index contributed by atoms with van der Waals surface area (Å²) < 4.78 is 0. The van der Waals surface area contributed by atoms with E-state index in [0.717, 1.165) is 0 Å². The maximum atomic E-state index is 2.18. The Labute approximate surface area is 117 Å². The Morgan fingerprint density at radius 3 is 0.412 bits per heavy atom. The smallest absolute Gasteiger partial charge is 0.0564 e. The van der Waals surface area contributed by atoms with Crippen LogP contribution in [0.3, 0.4) is 0 Å². The molecule has 0 radical (unpaired) electrons. The second kappa shape index (κ2) is 400. The molecule has 0 heterocycles. The van der Waals surface area contributed by atoms with Gasteiger partial charge in [-0.05, 0) is 0 Å². The monoisotopic (exact) mass is 252 g/mol. The third-order valence-corrected chi connectivity index (χ3v) is 0.500. The average Bonchev–Trinajstić information content (AvgIpc) is 2.50. The lowest BCUT2D eigenvalue weighted by molar-refractivity contribution is 0.886. The molecule has 0 nitrogen and oxygen atoms in total. The first kappa shape index (κ1) is 43.5. The van der Waals surface area contributed by atoms with Gasteiger partial charge in [0.2, 0.25) is 0 Å². The van der Waals surface area contributed by atoms with Crippen molar-refractivity contribution in [1.82, 2.24) is 0 Å². The van der Waals surface area contributed by atoms with Crippen LogP contribution >= 0.6 is 0 Å². The van der Waals surface area contributed by atoms with Crippen molar-refractivity contribution < 1.29 is 0 Å². The first-order chi connectivity index (χ1) is 8.33. The summed E-state index contributed by atoms with van der Waals surface area (Å²) in [6, 6.07) is 0. The molecule has 0 aliphatic heterocycles. The molecule has 0 N–H and O–H groups in total. The Balaban J connectivity index is -0.0000000141. The Hall–Kier alpha value is 0. The van der Waals surface area contributed by atoms with Crippen molar-refractivity contribution in [2.45, 2.75) is 116 Å². The maximum absolute atomic E-state index is 2.18. The summed E-state index contributed by atoms with van der Waals surface area (Å²) >= 11 is 0. The van der Waals surface area contributed by atoms with Gasteiger partial charge in [-0.25, -0.2) is 0 Å². The normalized spacial score (nSPS) is 4.59. The highest BCUT2D eigenvalue weighted by Gasteiger charge is 1.56. The quantitative estimate of drug-likeness (QED) is 0.440. The summed E-state index contributed by atoms with van der Waals surface area (Å²) in [5, 5.41) is 0. The van der Waals surface area contributed by atoms with E-state index in [4.69, 9.17) is 0 Å². The van der Waals surface area contributed by atoms with Crippen LogP contribution in [0.15, 0.2) is 0 Å². The molecule has 17 heavy (non-hydrogen) atoms. The molecule has 0 fully saturated rings. The second-order valence-electron chi connectivity index (χ2n) is 1.71. The molecule has 0 aromatic carbocycles. The van der Waals surface area contributed by atoms with Gasteiger partial charge in [0.15, 0.2) is 0 Å². The molecule has 0 spiro atoms. The Bertz CT molecular complexity index is 7.51. The van der Waals surface area contributed by atoms with Gasteiger partial charge < -0.3 is 0 Å². The summed E-state index contributed by atoms with van der Waals surface area (Å²) in [6.07, 6.45) is 3.89. The minimum Gasteiger partial charge on any atom is -0.0683 e. The molecule has 0 bridgehead atoms. The van der Waals surface area contributed by atoms with E-state index in [2.05, 4.69) is 27.7 Å². The number of hydrogen-bond donors (Lipinski definition) is 0. The van der Waals surface area contributed by atoms with Crippen LogP contribution in [-0.2, 0) is 0 Å². The Morgan fingerprint density at radius 2 is 0.412 bits per heavy atom. The zero-order valence-corrected chi connectivity index (χ0v) is 16.1. The van der Waals surface area contributed by atoms with Gasteiger partial charge in [-0.15, -0.1) is 0 Å². The molecule has 0 unspecified atom stereocenters. The van der Waals surface area contributed by atoms with Crippen molar-refractivity contribution in [3.8, 4) is 0 Å². The summed E-state index contributed by atoms with van der Waals surface area (Å²) in [5.74, 6) is 0. The van der Waals surface area contributed by atoms with E-state index in [1.165, 1.54) is 19.3 Å². The van der Waals surface area contributed by atoms with Crippen LogP contribution in [0.1, 0.15) is 116 Å². The van der Waals surface area contributed by atoms with E-state index >= 15 is 0 Å². The summed E-state index contributed by atoms with van der Waals surface area (Å²) in [7, 11) is 0. The van der Waals surface area contributed by atoms with Gasteiger partial charge in [-0.3, -0.25) is 0 Å². The zero-order valence-electron chi connectivity index (χ0n) is 16.1. The van der Waals surface area contributed by atoms with Crippen molar-refractivity contribution in [3.05, 3.63) is 0 Å². The molecule has 0 atom stereocenters. The van der Waals surface area contributed by atoms with E-state index in [1.807, 2.05) is 69.2 Å². The lowest BCUT2D eigenvalue weighted by Crippen LogP contribution is -1.47. The minimum atomic E-state index is 1.25. The van der Waals surface area contributed by atoms with Crippen molar-refractivity contribution in [2.24, 2.45) is 0 Å². The van der Waals surface area contributed by atoms with Crippen LogP contribution in [0.2, 0.25) is 0 Å². The topological polar surface area (TPSA) is 0 Å². The summed E-state index contributed by atoms with van der Waals surface area (Å²) in [4.78, 5) is 0. The van der Waals surface area contributed by atoms with Crippen LogP contribution in [0.5, 0.6) is 0 Å². The summed E-state index contributed by atoms with van der Waals surface area (Å²) in [5.41, 5.74) is 0. The van der Waals surface area contributed by atoms with E-state index in [9.17, 15) is 0 Å². The average molecular weight is 253 g/mol. The number of hydrogen-bond acceptors (Lipinski definition) is 0. The van der Waals surface area contributed by atoms with E-state index in [1.54, 1.807) is 0 Å². The van der Waals surface area contributed by atoms with Gasteiger partial charge in [0.25, 0.3) is 0 Å². The van der Waals surface area contributed by atoms with Crippen LogP contribution < -0.4 is 0 Å². The van der Waals surface area contributed by atoms with E-state index in [-0.39, 0.29) is 0 Å². The van der Waals surface area contributed by atoms with Crippen LogP contribution in [0, 0.1) is 0 Å². The molecule has 116 valence electrons. The molecule has 0 heteroatoms. The molecule has 0 aliphatic carbocycles. The highest BCUT2D eigenvalue weighted by molar-refractivity contribution is 4.12. The predicted octanol–water partition coefficient (Wildman–Crippen LogP) is 8.35. The molecular weight excluding hydrogens is 204 g/mol. The number of unbranched alkanes of at least 4 members (excludes halogenated alkanes) is 1. The van der Waals surface area contributed by atoms with Gasteiger partial charge in [0.1, 0.15) is 0 Å². The maximum Gasteiger partial charge on any atom is -0.0564 e. The molecule has 0 amide bonds. The highest BCUT2D eigenvalue weighted by Crippen LogP contribution is 1.76. The summed E-state index contributed by atoms with van der Waals surface area (Å²) in [6.45, 7) is 28.6. The van der Waals surface area contributed by atoms with E-state index < -0.39 is 0 Å². The van der Waals surface area contributed by atoms with Crippen LogP contribution in [-0.4, -0.2) is 0 Å². The third-order valence-electron chi connectivity index (χ3n) is 0.500. The fourth-order valence-corrected chi connectivity index (χ4v) is 0. The Kier molecular flexibility index (Phi) is 1020. The molecule has 0 aromatic heterocycles. The molecule has 0 aliphatic rings. The van der Waals surface area contributed by atoms with Gasteiger partial charge in [0.05, 0.1) is 0 Å². The lowest BCUT2D eigenvalue weighted by Gasteiger charge is -1.68. The van der Waals surface area contributed by atoms with Gasteiger partial charge in [-0.1, -0.05) is 116 Å². The van der Waals surface area contributed by atoms with Crippen molar-refractivity contribution in [2.75, 3.05) is 0 Å². The first-order valence-corrected chi connectivity index (χ1v) is 8.33. The van der Waals surface area contributed by atoms with Crippen LogP contribution in [0.4, 0.5) is 0 Å². The SMILES string of the molecule is CC.CC.CC.CC.CC.CCC.CCCC. The molecule has 0 saturated heterocycles. The lowest BCUT2D eigenvalue weighted by atomic mass is 10.4. The van der Waals surface area contributed by atoms with Crippen LogP contribution in [0.25, 0.3) is 0 Å². The predicted molar refractivity (Wildman–Crippen MR) is 93.3 cm³/mol. The molecular formula is C17H48. The second-order valence-corrected chi connectivity index (χ2v) is 1.71. The molecule has 0 rings (SSSR count). The fourth-order valence-electron chi connectivity index (χ4n) is 0. The fraction of sp³-hybridized carbons (Fsp3) is 1.00. The standard InChI is InChI=1S/C4H10.C3H8.5C2H6/c1-3-4-2;1-3-2;5*1-2/h3-4H2,1-2H3;3H2,1-2H3;5*1-2H3. The Morgan fingerprint density at radius 1 is 0.353 bits per heavy atom. The van der Waals surface area contributed by atoms with Crippen molar-refractivity contribution in [3.63, 3.8) is 0 Å². The van der Waals surface area contributed by atoms with Gasteiger partial charge in [-0.2, -0.15) is 0 Å². The largest absolute Gasteiger partial charge is 0.0683 e. The minimum absolute atomic E-state index is 1.25. The molecule has 0 aromatic rings. The van der Waals surface area contributed by atoms with Crippen molar-refractivity contribution >= 4 is 0 Å². The molecule has 0 saturated carbocycles. The third kappa shape index (κ3) is 3140. The van der Waals surface area contributed by atoms with Crippen molar-refractivity contribution in [1.29, 1.82) is 0 Å². The van der Waals surface area contributed by atoms with Gasteiger partial charge in [0, 0.05) is 0 Å².